The topological polar surface area (TPSA) is 159 Å². The average molecular weight is 170 g/mol. The lowest BCUT2D eigenvalue weighted by Crippen LogP contribution is -2.19. The van der Waals surface area contributed by atoms with Crippen LogP contribution in [-0.2, 0) is 4.74 Å². The molecular weight excluding hydrogens is 160 g/mol. The van der Waals surface area contributed by atoms with E-state index >= 15 is 0 Å². The van der Waals surface area contributed by atoms with Crippen LogP contribution < -0.4 is 11.5 Å². The van der Waals surface area contributed by atoms with Crippen LogP contribution in [0.4, 0.5) is 4.79 Å². The second kappa shape index (κ2) is 7.18. The summed E-state index contributed by atoms with van der Waals surface area (Å²) in [6.07, 6.45) is 0. The predicted octanol–water partition coefficient (Wildman–Crippen LogP) is -3.44. The first kappa shape index (κ1) is 12.7. The van der Waals surface area contributed by atoms with Crippen molar-refractivity contribution in [1.82, 2.24) is 0 Å². The Morgan fingerprint density at radius 2 is 1.27 bits per heavy atom. The van der Waals surface area contributed by atoms with Crippen molar-refractivity contribution in [3.8, 4) is 0 Å². The van der Waals surface area contributed by atoms with Crippen molar-refractivity contribution in [2.24, 2.45) is 11.5 Å². The SMILES string of the molecule is NC(N)=O.OC(O)OC(O)O. The summed E-state index contributed by atoms with van der Waals surface area (Å²) in [4.78, 5) is 9.00. The van der Waals surface area contributed by atoms with E-state index in [0.29, 0.717) is 0 Å². The first-order valence-electron chi connectivity index (χ1n) is 2.29. The average Bonchev–Trinajstić information content (AvgIpc) is 1.56. The van der Waals surface area contributed by atoms with Crippen molar-refractivity contribution in [3.63, 3.8) is 0 Å². The van der Waals surface area contributed by atoms with Crippen molar-refractivity contribution >= 4 is 6.03 Å². The van der Waals surface area contributed by atoms with Gasteiger partial charge in [-0.15, -0.1) is 0 Å². The highest BCUT2D eigenvalue weighted by Gasteiger charge is 2.00. The lowest BCUT2D eigenvalue weighted by molar-refractivity contribution is -0.353. The van der Waals surface area contributed by atoms with Gasteiger partial charge in [0.1, 0.15) is 0 Å². The number of hydrogen-bond acceptors (Lipinski definition) is 6. The van der Waals surface area contributed by atoms with Gasteiger partial charge in [0.05, 0.1) is 0 Å². The molecule has 0 radical (unpaired) electrons. The van der Waals surface area contributed by atoms with Crippen LogP contribution in [0.2, 0.25) is 0 Å². The number of ether oxygens (including phenoxy) is 1. The fraction of sp³-hybridized carbons (Fsp3) is 0.667. The molecule has 0 unspecified atom stereocenters. The van der Waals surface area contributed by atoms with Gasteiger partial charge in [-0.3, -0.25) is 4.74 Å². The third-order valence-electron chi connectivity index (χ3n) is 0.243. The molecule has 0 aliphatic heterocycles. The number of amides is 2. The predicted molar refractivity (Wildman–Crippen MR) is 31.3 cm³/mol. The minimum absolute atomic E-state index is 0.833. The lowest BCUT2D eigenvalue weighted by atomic mass is 11.2. The molecule has 0 aliphatic rings. The number of urea groups is 1. The van der Waals surface area contributed by atoms with E-state index in [1.54, 1.807) is 0 Å². The Morgan fingerprint density at radius 1 is 1.09 bits per heavy atom. The highest BCUT2D eigenvalue weighted by molar-refractivity contribution is 5.69. The van der Waals surface area contributed by atoms with E-state index in [1.165, 1.54) is 0 Å². The van der Waals surface area contributed by atoms with Gasteiger partial charge in [0.15, 0.2) is 0 Å². The van der Waals surface area contributed by atoms with Gasteiger partial charge in [0.25, 0.3) is 13.0 Å². The zero-order chi connectivity index (χ0) is 9.44. The van der Waals surface area contributed by atoms with E-state index in [9.17, 15) is 0 Å². The number of aliphatic hydroxyl groups is 4. The van der Waals surface area contributed by atoms with Gasteiger partial charge in [-0.1, -0.05) is 0 Å². The Labute approximate surface area is 61.6 Å². The molecule has 0 saturated carbocycles. The highest BCUT2D eigenvalue weighted by atomic mass is 16.8. The summed E-state index contributed by atoms with van der Waals surface area (Å²) >= 11 is 0. The lowest BCUT2D eigenvalue weighted by Gasteiger charge is -2.04. The number of carbonyl (C=O) groups is 1. The highest BCUT2D eigenvalue weighted by Crippen LogP contribution is 1.81. The van der Waals surface area contributed by atoms with Gasteiger partial charge in [-0.05, 0) is 0 Å². The smallest absolute Gasteiger partial charge is 0.309 e. The largest absolute Gasteiger partial charge is 0.352 e. The third-order valence-corrected chi connectivity index (χ3v) is 0.243. The van der Waals surface area contributed by atoms with Gasteiger partial charge in [0, 0.05) is 0 Å². The number of nitrogens with two attached hydrogens (primary N) is 2. The van der Waals surface area contributed by atoms with Crippen LogP contribution in [0, 0.1) is 0 Å². The molecular formula is C3H10N2O6. The molecule has 0 bridgehead atoms. The molecule has 0 rings (SSSR count). The van der Waals surface area contributed by atoms with Gasteiger partial charge in [-0.2, -0.15) is 0 Å². The van der Waals surface area contributed by atoms with Gasteiger partial charge < -0.3 is 31.9 Å². The molecule has 0 spiro atoms. The molecule has 0 aromatic heterocycles. The normalized spacial score (nSPS) is 9.27. The van der Waals surface area contributed by atoms with Crippen molar-refractivity contribution in [2.75, 3.05) is 0 Å². The number of carbonyl (C=O) groups excluding carboxylic acids is 1. The zero-order valence-electron chi connectivity index (χ0n) is 5.41. The monoisotopic (exact) mass is 170 g/mol. The van der Waals surface area contributed by atoms with Gasteiger partial charge >= 0.3 is 6.03 Å². The Morgan fingerprint density at radius 3 is 1.27 bits per heavy atom. The molecule has 11 heavy (non-hydrogen) atoms. The summed E-state index contributed by atoms with van der Waals surface area (Å²) in [7, 11) is 0. The summed E-state index contributed by atoms with van der Waals surface area (Å²) < 4.78 is 3.47. The Balaban J connectivity index is 0. The molecule has 0 saturated heterocycles. The fourth-order valence-electron chi connectivity index (χ4n) is 0.109. The Kier molecular flexibility index (Phi) is 8.30. The summed E-state index contributed by atoms with van der Waals surface area (Å²) in [6.45, 7) is -4.25. The molecule has 8 nitrogen and oxygen atoms in total. The van der Waals surface area contributed by atoms with Crippen molar-refractivity contribution in [3.05, 3.63) is 0 Å². The van der Waals surface area contributed by atoms with Crippen LogP contribution in [-0.4, -0.2) is 39.4 Å². The van der Waals surface area contributed by atoms with Crippen molar-refractivity contribution in [1.29, 1.82) is 0 Å². The minimum Gasteiger partial charge on any atom is -0.352 e. The standard InChI is InChI=1S/C2H6O5.CH4N2O/c3-1(4)7-2(5)6;2-1(3)4/h1-6H;(H4,2,3,4). The van der Waals surface area contributed by atoms with E-state index in [-0.39, 0.29) is 0 Å². The molecule has 0 aromatic carbocycles. The minimum atomic E-state index is -2.13. The van der Waals surface area contributed by atoms with Gasteiger partial charge in [0.2, 0.25) is 0 Å². The van der Waals surface area contributed by atoms with E-state index in [0.717, 1.165) is 0 Å². The van der Waals surface area contributed by atoms with Crippen LogP contribution in [0.25, 0.3) is 0 Å². The third kappa shape index (κ3) is 48.1. The Bertz CT molecular complexity index is 94.0. The van der Waals surface area contributed by atoms with Crippen LogP contribution in [0.3, 0.4) is 0 Å². The summed E-state index contributed by atoms with van der Waals surface area (Å²) in [5.41, 5.74) is 8.50. The fourth-order valence-corrected chi connectivity index (χ4v) is 0.109. The summed E-state index contributed by atoms with van der Waals surface area (Å²) in [6, 6.07) is -0.833. The molecule has 0 fully saturated rings. The van der Waals surface area contributed by atoms with E-state index in [1.807, 2.05) is 0 Å². The first-order valence-corrected chi connectivity index (χ1v) is 2.29. The number of aliphatic hydroxyl groups excluding tert-OH is 2. The van der Waals surface area contributed by atoms with Crippen LogP contribution >= 0.6 is 0 Å². The molecule has 0 aromatic rings. The van der Waals surface area contributed by atoms with E-state index in [4.69, 9.17) is 25.2 Å². The number of rotatable bonds is 2. The van der Waals surface area contributed by atoms with E-state index < -0.39 is 19.0 Å². The Hall–Kier alpha value is -0.930. The molecule has 0 atom stereocenters. The molecule has 8 heteroatoms. The zero-order valence-corrected chi connectivity index (χ0v) is 5.41. The van der Waals surface area contributed by atoms with Crippen LogP contribution in [0.5, 0.6) is 0 Å². The maximum absolute atomic E-state index is 9.00. The molecule has 0 heterocycles. The molecule has 8 N–H and O–H groups in total. The second-order valence-corrected chi connectivity index (χ2v) is 1.19. The number of hydrogen-bond donors (Lipinski definition) is 6. The van der Waals surface area contributed by atoms with Crippen LogP contribution in [0.15, 0.2) is 0 Å². The van der Waals surface area contributed by atoms with Crippen molar-refractivity contribution in [2.45, 2.75) is 13.0 Å². The van der Waals surface area contributed by atoms with Crippen LogP contribution in [0.1, 0.15) is 0 Å². The second-order valence-electron chi connectivity index (χ2n) is 1.19. The number of primary amides is 2. The quantitative estimate of drug-likeness (QED) is 0.236. The summed E-state index contributed by atoms with van der Waals surface area (Å²) in [5.74, 6) is 0. The van der Waals surface area contributed by atoms with E-state index in [2.05, 4.69) is 16.2 Å². The molecule has 2 amide bonds. The molecule has 68 valence electrons. The molecule has 0 aliphatic carbocycles. The maximum atomic E-state index is 9.00. The maximum Gasteiger partial charge on any atom is 0.309 e. The first-order chi connectivity index (χ1) is 4.86. The van der Waals surface area contributed by atoms with Gasteiger partial charge in [-0.25, -0.2) is 4.79 Å². The van der Waals surface area contributed by atoms with Crippen molar-refractivity contribution < 1.29 is 30.0 Å². The summed E-state index contributed by atoms with van der Waals surface area (Å²) in [5, 5.41) is 30.9.